The summed E-state index contributed by atoms with van der Waals surface area (Å²) < 4.78 is 13.9. The number of aromatic nitrogens is 2. The molecule has 0 spiro atoms. The smallest absolute Gasteiger partial charge is 0.128 e. The van der Waals surface area contributed by atoms with Gasteiger partial charge in [-0.1, -0.05) is 6.07 Å². The maximum atomic E-state index is 13.9. The van der Waals surface area contributed by atoms with E-state index < -0.39 is 6.04 Å². The standard InChI is InChI=1S/C13H14FN3/c1-8-3-9(2)12(11(14)4-8)13(15)10-5-16-7-17-6-10/h3-7,13H,15H2,1-2H3. The number of rotatable bonds is 2. The van der Waals surface area contributed by atoms with Gasteiger partial charge in [-0.2, -0.15) is 0 Å². The Kier molecular flexibility index (Phi) is 3.15. The van der Waals surface area contributed by atoms with Crippen LogP contribution in [-0.2, 0) is 0 Å². The Morgan fingerprint density at radius 3 is 2.41 bits per heavy atom. The van der Waals surface area contributed by atoms with Gasteiger partial charge in [-0.15, -0.1) is 0 Å². The number of aryl methyl sites for hydroxylation is 2. The molecule has 1 unspecified atom stereocenters. The van der Waals surface area contributed by atoms with Crippen LogP contribution in [0.15, 0.2) is 30.9 Å². The molecule has 2 aromatic rings. The molecule has 0 radical (unpaired) electrons. The number of hydrogen-bond acceptors (Lipinski definition) is 3. The van der Waals surface area contributed by atoms with Crippen molar-refractivity contribution in [2.45, 2.75) is 19.9 Å². The van der Waals surface area contributed by atoms with Crippen LogP contribution >= 0.6 is 0 Å². The first-order chi connectivity index (χ1) is 8.09. The molecule has 0 aliphatic rings. The van der Waals surface area contributed by atoms with Crippen LogP contribution in [0.5, 0.6) is 0 Å². The molecule has 3 nitrogen and oxygen atoms in total. The summed E-state index contributed by atoms with van der Waals surface area (Å²) in [6.45, 7) is 3.71. The molecular weight excluding hydrogens is 217 g/mol. The molecule has 0 saturated carbocycles. The Bertz CT molecular complexity index is 502. The second-order valence-electron chi connectivity index (χ2n) is 4.13. The third-order valence-electron chi connectivity index (χ3n) is 2.73. The Morgan fingerprint density at radius 2 is 1.82 bits per heavy atom. The van der Waals surface area contributed by atoms with Crippen LogP contribution in [-0.4, -0.2) is 9.97 Å². The number of nitrogens with two attached hydrogens (primary N) is 1. The lowest BCUT2D eigenvalue weighted by Crippen LogP contribution is -2.16. The fourth-order valence-corrected chi connectivity index (χ4v) is 1.96. The Balaban J connectivity index is 2.48. The van der Waals surface area contributed by atoms with Crippen LogP contribution in [0.4, 0.5) is 4.39 Å². The zero-order chi connectivity index (χ0) is 12.4. The van der Waals surface area contributed by atoms with Crippen LogP contribution in [0.2, 0.25) is 0 Å². The van der Waals surface area contributed by atoms with Crippen LogP contribution in [0.1, 0.15) is 28.3 Å². The molecule has 0 saturated heterocycles. The van der Waals surface area contributed by atoms with Gasteiger partial charge in [0.1, 0.15) is 12.1 Å². The normalized spacial score (nSPS) is 12.5. The number of benzene rings is 1. The molecule has 4 heteroatoms. The lowest BCUT2D eigenvalue weighted by molar-refractivity contribution is 0.595. The van der Waals surface area contributed by atoms with E-state index >= 15 is 0 Å². The summed E-state index contributed by atoms with van der Waals surface area (Å²) in [5.41, 5.74) is 9.00. The molecule has 0 fully saturated rings. The van der Waals surface area contributed by atoms with Crippen LogP contribution in [0, 0.1) is 19.7 Å². The lowest BCUT2D eigenvalue weighted by atomic mass is 9.95. The van der Waals surface area contributed by atoms with Crippen molar-refractivity contribution >= 4 is 0 Å². The second kappa shape index (κ2) is 4.59. The molecule has 1 aromatic heterocycles. The summed E-state index contributed by atoms with van der Waals surface area (Å²) in [7, 11) is 0. The van der Waals surface area contributed by atoms with E-state index in [1.165, 1.54) is 12.4 Å². The topological polar surface area (TPSA) is 51.8 Å². The van der Waals surface area contributed by atoms with E-state index in [2.05, 4.69) is 9.97 Å². The van der Waals surface area contributed by atoms with Crippen molar-refractivity contribution in [3.63, 3.8) is 0 Å². The van der Waals surface area contributed by atoms with Gasteiger partial charge in [0.25, 0.3) is 0 Å². The van der Waals surface area contributed by atoms with Gasteiger partial charge in [0, 0.05) is 23.5 Å². The molecule has 88 valence electrons. The highest BCUT2D eigenvalue weighted by Crippen LogP contribution is 2.25. The van der Waals surface area contributed by atoms with E-state index in [1.54, 1.807) is 12.4 Å². The predicted octanol–water partition coefficient (Wildman–Crippen LogP) is 2.28. The molecule has 1 atom stereocenters. The first-order valence-corrected chi connectivity index (χ1v) is 5.36. The Labute approximate surface area is 99.5 Å². The van der Waals surface area contributed by atoms with E-state index in [1.807, 2.05) is 19.9 Å². The third-order valence-corrected chi connectivity index (χ3v) is 2.73. The van der Waals surface area contributed by atoms with E-state index in [0.29, 0.717) is 11.1 Å². The molecule has 1 heterocycles. The molecule has 2 rings (SSSR count). The molecule has 0 amide bonds. The van der Waals surface area contributed by atoms with E-state index in [0.717, 1.165) is 11.1 Å². The largest absolute Gasteiger partial charge is 0.320 e. The molecule has 0 aliphatic heterocycles. The molecular formula is C13H14FN3. The SMILES string of the molecule is Cc1cc(C)c(C(N)c2cncnc2)c(F)c1. The third kappa shape index (κ3) is 2.31. The summed E-state index contributed by atoms with van der Waals surface area (Å²) in [4.78, 5) is 7.79. The van der Waals surface area contributed by atoms with E-state index in [-0.39, 0.29) is 5.82 Å². The first kappa shape index (κ1) is 11.7. The van der Waals surface area contributed by atoms with Crippen LogP contribution in [0.3, 0.4) is 0 Å². The van der Waals surface area contributed by atoms with Crippen molar-refractivity contribution in [1.82, 2.24) is 9.97 Å². The minimum atomic E-state index is -0.531. The van der Waals surface area contributed by atoms with Crippen molar-refractivity contribution in [2.24, 2.45) is 5.73 Å². The van der Waals surface area contributed by atoms with Crippen LogP contribution in [0.25, 0.3) is 0 Å². The molecule has 17 heavy (non-hydrogen) atoms. The maximum Gasteiger partial charge on any atom is 0.128 e. The maximum absolute atomic E-state index is 13.9. The zero-order valence-electron chi connectivity index (χ0n) is 9.81. The quantitative estimate of drug-likeness (QED) is 0.862. The van der Waals surface area contributed by atoms with Crippen molar-refractivity contribution in [3.05, 3.63) is 58.9 Å². The summed E-state index contributed by atoms with van der Waals surface area (Å²) >= 11 is 0. The van der Waals surface area contributed by atoms with Crippen molar-refractivity contribution in [2.75, 3.05) is 0 Å². The highest BCUT2D eigenvalue weighted by Gasteiger charge is 2.16. The molecule has 0 aliphatic carbocycles. The average Bonchev–Trinajstić information content (AvgIpc) is 2.28. The fourth-order valence-electron chi connectivity index (χ4n) is 1.96. The van der Waals surface area contributed by atoms with Crippen molar-refractivity contribution in [1.29, 1.82) is 0 Å². The zero-order valence-corrected chi connectivity index (χ0v) is 9.81. The van der Waals surface area contributed by atoms with Gasteiger partial charge in [-0.05, 0) is 31.0 Å². The summed E-state index contributed by atoms with van der Waals surface area (Å²) in [6.07, 6.45) is 4.64. The van der Waals surface area contributed by atoms with E-state index in [4.69, 9.17) is 5.73 Å². The van der Waals surface area contributed by atoms with Gasteiger partial charge < -0.3 is 5.73 Å². The average molecular weight is 231 g/mol. The van der Waals surface area contributed by atoms with Crippen LogP contribution < -0.4 is 5.73 Å². The predicted molar refractivity (Wildman–Crippen MR) is 63.9 cm³/mol. The monoisotopic (exact) mass is 231 g/mol. The summed E-state index contributed by atoms with van der Waals surface area (Å²) in [5, 5.41) is 0. The number of halogens is 1. The summed E-state index contributed by atoms with van der Waals surface area (Å²) in [5.74, 6) is -0.279. The Morgan fingerprint density at radius 1 is 1.18 bits per heavy atom. The minimum Gasteiger partial charge on any atom is -0.320 e. The summed E-state index contributed by atoms with van der Waals surface area (Å²) in [6, 6.07) is 2.88. The fraction of sp³-hybridized carbons (Fsp3) is 0.231. The second-order valence-corrected chi connectivity index (χ2v) is 4.13. The highest BCUT2D eigenvalue weighted by molar-refractivity contribution is 5.38. The number of nitrogens with zero attached hydrogens (tertiary/aromatic N) is 2. The first-order valence-electron chi connectivity index (χ1n) is 5.36. The van der Waals surface area contributed by atoms with Gasteiger partial charge in [-0.25, -0.2) is 14.4 Å². The lowest BCUT2D eigenvalue weighted by Gasteiger charge is -2.16. The molecule has 1 aromatic carbocycles. The Hall–Kier alpha value is -1.81. The minimum absolute atomic E-state index is 0.279. The van der Waals surface area contributed by atoms with Crippen molar-refractivity contribution in [3.8, 4) is 0 Å². The number of hydrogen-bond donors (Lipinski definition) is 1. The van der Waals surface area contributed by atoms with Gasteiger partial charge in [0.15, 0.2) is 0 Å². The van der Waals surface area contributed by atoms with Gasteiger partial charge in [0.05, 0.1) is 6.04 Å². The van der Waals surface area contributed by atoms with Gasteiger partial charge in [-0.3, -0.25) is 0 Å². The van der Waals surface area contributed by atoms with Gasteiger partial charge >= 0.3 is 0 Å². The van der Waals surface area contributed by atoms with Crippen molar-refractivity contribution < 1.29 is 4.39 Å². The molecule has 2 N–H and O–H groups in total. The molecule has 0 bridgehead atoms. The van der Waals surface area contributed by atoms with E-state index in [9.17, 15) is 4.39 Å². The van der Waals surface area contributed by atoms with Gasteiger partial charge in [0.2, 0.25) is 0 Å². The highest BCUT2D eigenvalue weighted by atomic mass is 19.1.